The van der Waals surface area contributed by atoms with Gasteiger partial charge in [0.2, 0.25) is 10.0 Å². The third-order valence-electron chi connectivity index (χ3n) is 4.26. The Hall–Kier alpha value is -1.15. The first-order valence-corrected chi connectivity index (χ1v) is 9.70. The zero-order valence-electron chi connectivity index (χ0n) is 13.5. The zero-order chi connectivity index (χ0) is 16.8. The maximum atomic E-state index is 11.9. The molecule has 0 aromatic carbocycles. The molecule has 3 rings (SSSR count). The average Bonchev–Trinajstić information content (AvgIpc) is 2.83. The van der Waals surface area contributed by atoms with Crippen LogP contribution in [-0.4, -0.2) is 58.4 Å². The summed E-state index contributed by atoms with van der Waals surface area (Å²) in [6, 6.07) is 3.82. The molecule has 1 aliphatic rings. The number of piperazine rings is 1. The van der Waals surface area contributed by atoms with Crippen molar-refractivity contribution in [2.45, 2.75) is 25.9 Å². The third-order valence-corrected chi connectivity index (χ3v) is 5.95. The third kappa shape index (κ3) is 3.38. The molecule has 6 nitrogen and oxygen atoms in total. The van der Waals surface area contributed by atoms with Crippen LogP contribution >= 0.6 is 11.6 Å². The topological polar surface area (TPSA) is 57.9 Å². The minimum atomic E-state index is -3.19. The smallest absolute Gasteiger partial charge is 0.211 e. The summed E-state index contributed by atoms with van der Waals surface area (Å²) in [4.78, 5) is 6.42. The van der Waals surface area contributed by atoms with E-state index >= 15 is 0 Å². The molecule has 0 atom stereocenters. The van der Waals surface area contributed by atoms with E-state index in [1.807, 2.05) is 30.4 Å². The van der Waals surface area contributed by atoms with Crippen LogP contribution in [0.25, 0.3) is 5.52 Å². The normalized spacial score (nSPS) is 20.2. The lowest BCUT2D eigenvalue weighted by molar-refractivity contribution is 0.0761. The molecule has 3 heterocycles. The summed E-state index contributed by atoms with van der Waals surface area (Å²) < 4.78 is 27.5. The summed E-state index contributed by atoms with van der Waals surface area (Å²) in [5.41, 5.74) is 1.58. The van der Waals surface area contributed by atoms with Crippen LogP contribution < -0.4 is 0 Å². The molecule has 0 bridgehead atoms. The second-order valence-corrected chi connectivity index (χ2v) is 9.05. The van der Waals surface area contributed by atoms with Gasteiger partial charge in [-0.05, 0) is 26.0 Å². The molecule has 126 valence electrons. The van der Waals surface area contributed by atoms with Crippen molar-refractivity contribution in [2.75, 3.05) is 25.9 Å². The summed E-state index contributed by atoms with van der Waals surface area (Å²) in [7, 11) is -3.19. The first-order chi connectivity index (χ1) is 10.7. The maximum absolute atomic E-state index is 11.9. The Morgan fingerprint density at radius 2 is 2.04 bits per heavy atom. The summed E-state index contributed by atoms with van der Waals surface area (Å²) in [6.07, 6.45) is 4.83. The Balaban J connectivity index is 1.83. The number of imidazole rings is 1. The van der Waals surface area contributed by atoms with Crippen molar-refractivity contribution in [3.05, 3.63) is 35.4 Å². The van der Waals surface area contributed by atoms with Crippen LogP contribution in [0.15, 0.2) is 24.7 Å². The molecule has 0 N–H and O–H groups in total. The van der Waals surface area contributed by atoms with E-state index in [9.17, 15) is 8.42 Å². The van der Waals surface area contributed by atoms with Crippen LogP contribution in [-0.2, 0) is 16.6 Å². The van der Waals surface area contributed by atoms with Gasteiger partial charge in [0.15, 0.2) is 0 Å². The second-order valence-electron chi connectivity index (χ2n) is 6.71. The fourth-order valence-corrected chi connectivity index (χ4v) is 5.01. The van der Waals surface area contributed by atoms with E-state index < -0.39 is 15.6 Å². The molecule has 8 heteroatoms. The predicted molar refractivity (Wildman–Crippen MR) is 91.1 cm³/mol. The predicted octanol–water partition coefficient (Wildman–Crippen LogP) is 1.84. The molecular formula is C15H21ClN4O2S. The van der Waals surface area contributed by atoms with Crippen molar-refractivity contribution in [2.24, 2.45) is 0 Å². The van der Waals surface area contributed by atoms with Crippen molar-refractivity contribution in [1.82, 2.24) is 18.6 Å². The standard InChI is InChI=1S/C15H21ClN4O2S/c1-15(2)10-18(4-5-20(15)23(3,21)22)9-14-7-12(16)6-13-8-17-11-19(13)14/h6-8,11H,4-5,9-10H2,1-3H3. The van der Waals surface area contributed by atoms with Gasteiger partial charge in [0, 0.05) is 42.4 Å². The number of pyridine rings is 1. The monoisotopic (exact) mass is 356 g/mol. The Bertz CT molecular complexity index is 831. The van der Waals surface area contributed by atoms with Gasteiger partial charge < -0.3 is 4.40 Å². The van der Waals surface area contributed by atoms with Crippen LogP contribution in [0.3, 0.4) is 0 Å². The molecule has 0 spiro atoms. The minimum absolute atomic E-state index is 0.432. The summed E-state index contributed by atoms with van der Waals surface area (Å²) in [5.74, 6) is 0. The Morgan fingerprint density at radius 1 is 1.30 bits per heavy atom. The molecule has 1 saturated heterocycles. The van der Waals surface area contributed by atoms with Gasteiger partial charge in [0.1, 0.15) is 0 Å². The summed E-state index contributed by atoms with van der Waals surface area (Å²) in [6.45, 7) is 6.49. The average molecular weight is 357 g/mol. The Morgan fingerprint density at radius 3 is 2.70 bits per heavy atom. The molecule has 1 aliphatic heterocycles. The second kappa shape index (κ2) is 5.73. The molecule has 0 amide bonds. The highest BCUT2D eigenvalue weighted by Gasteiger charge is 2.38. The van der Waals surface area contributed by atoms with Crippen molar-refractivity contribution < 1.29 is 8.42 Å². The maximum Gasteiger partial charge on any atom is 0.211 e. The number of hydrogen-bond acceptors (Lipinski definition) is 4. The van der Waals surface area contributed by atoms with Crippen molar-refractivity contribution in [3.63, 3.8) is 0 Å². The lowest BCUT2D eigenvalue weighted by atomic mass is 10.0. The summed E-state index contributed by atoms with van der Waals surface area (Å²) >= 11 is 6.19. The van der Waals surface area contributed by atoms with Gasteiger partial charge in [-0.1, -0.05) is 11.6 Å². The van der Waals surface area contributed by atoms with Crippen molar-refractivity contribution >= 4 is 27.1 Å². The molecular weight excluding hydrogens is 336 g/mol. The van der Waals surface area contributed by atoms with E-state index in [0.717, 1.165) is 11.2 Å². The number of rotatable bonds is 3. The largest absolute Gasteiger partial charge is 0.302 e. The van der Waals surface area contributed by atoms with Crippen LogP contribution in [0, 0.1) is 0 Å². The number of fused-ring (bicyclic) bond motifs is 1. The lowest BCUT2D eigenvalue weighted by Gasteiger charge is -2.45. The highest BCUT2D eigenvalue weighted by Crippen LogP contribution is 2.25. The van der Waals surface area contributed by atoms with Gasteiger partial charge in [-0.2, -0.15) is 4.31 Å². The van der Waals surface area contributed by atoms with Gasteiger partial charge in [-0.3, -0.25) is 4.90 Å². The molecule has 2 aromatic heterocycles. The van der Waals surface area contributed by atoms with Crippen LogP contribution in [0.5, 0.6) is 0 Å². The van der Waals surface area contributed by atoms with Gasteiger partial charge in [-0.25, -0.2) is 13.4 Å². The van der Waals surface area contributed by atoms with Gasteiger partial charge in [0.25, 0.3) is 0 Å². The van der Waals surface area contributed by atoms with Crippen molar-refractivity contribution in [1.29, 1.82) is 0 Å². The van der Waals surface area contributed by atoms with E-state index in [-0.39, 0.29) is 0 Å². The minimum Gasteiger partial charge on any atom is -0.302 e. The van der Waals surface area contributed by atoms with E-state index in [0.29, 0.717) is 31.2 Å². The van der Waals surface area contributed by atoms with Gasteiger partial charge in [0.05, 0.1) is 24.3 Å². The molecule has 0 saturated carbocycles. The summed E-state index contributed by atoms with van der Waals surface area (Å²) in [5, 5.41) is 0.682. The first kappa shape index (κ1) is 16.7. The molecule has 0 unspecified atom stereocenters. The fourth-order valence-electron chi connectivity index (χ4n) is 3.40. The number of aromatic nitrogens is 2. The van der Waals surface area contributed by atoms with E-state index in [2.05, 4.69) is 9.88 Å². The number of halogens is 1. The molecule has 1 fully saturated rings. The number of nitrogens with zero attached hydrogens (tertiary/aromatic N) is 4. The molecule has 0 radical (unpaired) electrons. The fraction of sp³-hybridized carbons (Fsp3) is 0.533. The van der Waals surface area contributed by atoms with Crippen molar-refractivity contribution in [3.8, 4) is 0 Å². The van der Waals surface area contributed by atoms with Crippen LogP contribution in [0.4, 0.5) is 0 Å². The zero-order valence-corrected chi connectivity index (χ0v) is 15.1. The SMILES string of the molecule is CC1(C)CN(Cc2cc(Cl)cc3cncn23)CCN1S(C)(=O)=O. The van der Waals surface area contributed by atoms with E-state index in [1.165, 1.54) is 6.26 Å². The molecule has 23 heavy (non-hydrogen) atoms. The highest BCUT2D eigenvalue weighted by molar-refractivity contribution is 7.88. The number of sulfonamides is 1. The van der Waals surface area contributed by atoms with Gasteiger partial charge in [-0.15, -0.1) is 0 Å². The first-order valence-electron chi connectivity index (χ1n) is 7.47. The highest BCUT2D eigenvalue weighted by atomic mass is 35.5. The lowest BCUT2D eigenvalue weighted by Crippen LogP contribution is -2.60. The van der Waals surface area contributed by atoms with Crippen LogP contribution in [0.1, 0.15) is 19.5 Å². The van der Waals surface area contributed by atoms with Gasteiger partial charge >= 0.3 is 0 Å². The number of hydrogen-bond donors (Lipinski definition) is 0. The molecule has 0 aliphatic carbocycles. The Kier molecular flexibility index (Phi) is 4.16. The Labute approximate surface area is 141 Å². The quantitative estimate of drug-likeness (QED) is 0.842. The molecule has 2 aromatic rings. The van der Waals surface area contributed by atoms with E-state index in [1.54, 1.807) is 16.8 Å². The van der Waals surface area contributed by atoms with Crippen LogP contribution in [0.2, 0.25) is 5.02 Å². The van der Waals surface area contributed by atoms with E-state index in [4.69, 9.17) is 11.6 Å².